The summed E-state index contributed by atoms with van der Waals surface area (Å²) in [6.07, 6.45) is 6.66. The number of hydrogen-bond acceptors (Lipinski definition) is 5. The molecule has 1 saturated heterocycles. The standard InChI is InChI=1S/C17H24N8/c1-12-6-8-25(17(19-2)23(3)10-18)9-14(12)24(4)16-13-5-7-20-15(13)21-11-22-16/h5,7,11-12,14H,6,8-9H2,1-4H3,(H,20,21,22)/b19-17+/t12-,14+/m1/s1. The quantitative estimate of drug-likeness (QED) is 0.386. The normalized spacial score (nSPS) is 21.2. The van der Waals surface area contributed by atoms with Crippen molar-refractivity contribution >= 4 is 22.8 Å². The fraction of sp³-hybridized carbons (Fsp3) is 0.529. The van der Waals surface area contributed by atoms with Crippen molar-refractivity contribution < 1.29 is 0 Å². The van der Waals surface area contributed by atoms with Crippen LogP contribution in [0, 0.1) is 17.4 Å². The smallest absolute Gasteiger partial charge is 0.209 e. The van der Waals surface area contributed by atoms with Crippen LogP contribution in [0.5, 0.6) is 0 Å². The van der Waals surface area contributed by atoms with E-state index >= 15 is 0 Å². The van der Waals surface area contributed by atoms with Crippen LogP contribution in [-0.2, 0) is 0 Å². The first-order chi connectivity index (χ1) is 12.1. The third kappa shape index (κ3) is 3.09. The average molecular weight is 340 g/mol. The van der Waals surface area contributed by atoms with Gasteiger partial charge in [-0.2, -0.15) is 5.26 Å². The number of aromatic amines is 1. The number of rotatable bonds is 2. The van der Waals surface area contributed by atoms with E-state index in [0.717, 1.165) is 36.4 Å². The van der Waals surface area contributed by atoms with Crippen molar-refractivity contribution in [3.8, 4) is 6.19 Å². The molecule has 1 aliphatic heterocycles. The Morgan fingerprint density at radius 2 is 2.24 bits per heavy atom. The molecule has 1 N–H and O–H groups in total. The SMILES string of the molecule is C/N=C(\N(C)C#N)N1CC[C@@H](C)[C@@H](N(C)c2ncnc3[nH]ccc23)C1. The number of piperidine rings is 1. The zero-order chi connectivity index (χ0) is 18.0. The molecule has 0 radical (unpaired) electrons. The lowest BCUT2D eigenvalue weighted by atomic mass is 9.92. The van der Waals surface area contributed by atoms with Crippen molar-refractivity contribution in [2.24, 2.45) is 10.9 Å². The molecule has 2 aromatic heterocycles. The number of anilines is 1. The predicted molar refractivity (Wildman–Crippen MR) is 98.2 cm³/mol. The summed E-state index contributed by atoms with van der Waals surface area (Å²) in [5.41, 5.74) is 0.845. The van der Waals surface area contributed by atoms with Crippen LogP contribution in [0.3, 0.4) is 0 Å². The van der Waals surface area contributed by atoms with Crippen LogP contribution in [0.4, 0.5) is 5.82 Å². The molecule has 3 rings (SSSR count). The molecular formula is C17H24N8. The molecule has 8 nitrogen and oxygen atoms in total. The number of H-pyrrole nitrogens is 1. The zero-order valence-electron chi connectivity index (χ0n) is 15.1. The molecule has 0 saturated carbocycles. The van der Waals surface area contributed by atoms with Gasteiger partial charge in [-0.15, -0.1) is 0 Å². The van der Waals surface area contributed by atoms with E-state index in [4.69, 9.17) is 0 Å². The molecule has 0 bridgehead atoms. The highest BCUT2D eigenvalue weighted by atomic mass is 15.4. The Morgan fingerprint density at radius 3 is 2.96 bits per heavy atom. The average Bonchev–Trinajstić information content (AvgIpc) is 3.11. The lowest BCUT2D eigenvalue weighted by molar-refractivity contribution is 0.226. The molecule has 0 aromatic carbocycles. The number of likely N-dealkylation sites (N-methyl/N-ethyl adjacent to an activating group) is 1. The van der Waals surface area contributed by atoms with Crippen LogP contribution < -0.4 is 4.90 Å². The summed E-state index contributed by atoms with van der Waals surface area (Å²) in [5.74, 6) is 2.14. The molecule has 132 valence electrons. The van der Waals surface area contributed by atoms with Gasteiger partial charge in [0.05, 0.1) is 11.4 Å². The summed E-state index contributed by atoms with van der Waals surface area (Å²) >= 11 is 0. The molecule has 1 fully saturated rings. The van der Waals surface area contributed by atoms with Gasteiger partial charge in [0, 0.05) is 40.4 Å². The van der Waals surface area contributed by atoms with Crippen LogP contribution in [0.25, 0.3) is 11.0 Å². The Morgan fingerprint density at radius 1 is 1.44 bits per heavy atom. The van der Waals surface area contributed by atoms with Gasteiger partial charge in [-0.3, -0.25) is 9.89 Å². The molecule has 25 heavy (non-hydrogen) atoms. The molecule has 3 heterocycles. The molecule has 2 atom stereocenters. The van der Waals surface area contributed by atoms with E-state index in [9.17, 15) is 5.26 Å². The minimum atomic E-state index is 0.269. The second-order valence-corrected chi connectivity index (χ2v) is 6.51. The van der Waals surface area contributed by atoms with Crippen molar-refractivity contribution in [3.05, 3.63) is 18.6 Å². The van der Waals surface area contributed by atoms with Crippen LogP contribution in [0.15, 0.2) is 23.6 Å². The molecule has 0 spiro atoms. The first kappa shape index (κ1) is 17.0. The molecule has 0 aliphatic carbocycles. The van der Waals surface area contributed by atoms with Gasteiger partial charge < -0.3 is 14.8 Å². The van der Waals surface area contributed by atoms with Gasteiger partial charge >= 0.3 is 0 Å². The van der Waals surface area contributed by atoms with Gasteiger partial charge in [-0.05, 0) is 18.4 Å². The molecule has 1 aliphatic rings. The number of aromatic nitrogens is 3. The number of fused-ring (bicyclic) bond motifs is 1. The molecule has 2 aromatic rings. The number of nitriles is 1. The Labute approximate surface area is 147 Å². The number of nitrogens with one attached hydrogen (secondary N) is 1. The molecular weight excluding hydrogens is 316 g/mol. The van der Waals surface area contributed by atoms with E-state index in [-0.39, 0.29) is 6.04 Å². The van der Waals surface area contributed by atoms with Gasteiger partial charge in [0.2, 0.25) is 5.96 Å². The summed E-state index contributed by atoms with van der Waals surface area (Å²) in [7, 11) is 5.55. The third-order valence-corrected chi connectivity index (χ3v) is 5.02. The lowest BCUT2D eigenvalue weighted by Crippen LogP contribution is -2.55. The second kappa shape index (κ2) is 6.97. The van der Waals surface area contributed by atoms with E-state index in [1.807, 2.05) is 12.3 Å². The number of hydrogen-bond donors (Lipinski definition) is 1. The largest absolute Gasteiger partial charge is 0.354 e. The maximum Gasteiger partial charge on any atom is 0.209 e. The van der Waals surface area contributed by atoms with Gasteiger partial charge in [-0.25, -0.2) is 9.97 Å². The first-order valence-corrected chi connectivity index (χ1v) is 8.43. The topological polar surface area (TPSA) is 87.4 Å². The maximum absolute atomic E-state index is 9.20. The Bertz CT molecular complexity index is 804. The molecule has 0 amide bonds. The minimum Gasteiger partial charge on any atom is -0.354 e. The fourth-order valence-electron chi connectivity index (χ4n) is 3.58. The van der Waals surface area contributed by atoms with Crippen LogP contribution in [-0.4, -0.2) is 71.0 Å². The van der Waals surface area contributed by atoms with E-state index in [0.29, 0.717) is 11.9 Å². The van der Waals surface area contributed by atoms with Crippen molar-refractivity contribution in [2.45, 2.75) is 19.4 Å². The third-order valence-electron chi connectivity index (χ3n) is 5.02. The Hall–Kier alpha value is -2.82. The second-order valence-electron chi connectivity index (χ2n) is 6.51. The number of guanidine groups is 1. The van der Waals surface area contributed by atoms with E-state index < -0.39 is 0 Å². The summed E-state index contributed by atoms with van der Waals surface area (Å²) in [6, 6.07) is 2.28. The highest BCUT2D eigenvalue weighted by Crippen LogP contribution is 2.28. The number of aliphatic imine (C=N–C) groups is 1. The highest BCUT2D eigenvalue weighted by Gasteiger charge is 2.32. The molecule has 0 unspecified atom stereocenters. The van der Waals surface area contributed by atoms with E-state index in [2.05, 4.69) is 49.9 Å². The first-order valence-electron chi connectivity index (χ1n) is 8.43. The fourth-order valence-corrected chi connectivity index (χ4v) is 3.58. The lowest BCUT2D eigenvalue weighted by Gasteiger charge is -2.43. The monoisotopic (exact) mass is 340 g/mol. The number of nitrogens with zero attached hydrogens (tertiary/aromatic N) is 7. The minimum absolute atomic E-state index is 0.269. The van der Waals surface area contributed by atoms with Crippen LogP contribution in [0.1, 0.15) is 13.3 Å². The van der Waals surface area contributed by atoms with Gasteiger partial charge in [0.25, 0.3) is 0 Å². The van der Waals surface area contributed by atoms with Crippen molar-refractivity contribution in [1.82, 2.24) is 24.8 Å². The van der Waals surface area contributed by atoms with E-state index in [1.54, 1.807) is 20.4 Å². The molecule has 8 heteroatoms. The number of likely N-dealkylation sites (tertiary alicyclic amines) is 1. The van der Waals surface area contributed by atoms with E-state index in [1.165, 1.54) is 4.90 Å². The van der Waals surface area contributed by atoms with Crippen molar-refractivity contribution in [2.75, 3.05) is 39.1 Å². The van der Waals surface area contributed by atoms with Gasteiger partial charge in [0.1, 0.15) is 17.8 Å². The van der Waals surface area contributed by atoms with Gasteiger partial charge in [0.15, 0.2) is 6.19 Å². The zero-order valence-corrected chi connectivity index (χ0v) is 15.1. The summed E-state index contributed by atoms with van der Waals surface area (Å²) < 4.78 is 0. The summed E-state index contributed by atoms with van der Waals surface area (Å²) in [4.78, 5) is 22.2. The van der Waals surface area contributed by atoms with Crippen LogP contribution >= 0.6 is 0 Å². The Balaban J connectivity index is 1.87. The van der Waals surface area contributed by atoms with Crippen molar-refractivity contribution in [1.29, 1.82) is 5.26 Å². The maximum atomic E-state index is 9.20. The summed E-state index contributed by atoms with van der Waals surface area (Å²) in [5, 5.41) is 10.2. The summed E-state index contributed by atoms with van der Waals surface area (Å²) in [6.45, 7) is 3.96. The Kier molecular flexibility index (Phi) is 4.74. The van der Waals surface area contributed by atoms with Crippen molar-refractivity contribution in [3.63, 3.8) is 0 Å². The van der Waals surface area contributed by atoms with Gasteiger partial charge in [-0.1, -0.05) is 6.92 Å². The predicted octanol–water partition coefficient (Wildman–Crippen LogP) is 1.50. The van der Waals surface area contributed by atoms with Crippen LogP contribution in [0.2, 0.25) is 0 Å². The highest BCUT2D eigenvalue weighted by molar-refractivity contribution is 5.87.